The van der Waals surface area contributed by atoms with Gasteiger partial charge in [-0.05, 0) is 13.0 Å². The Labute approximate surface area is 75.8 Å². The summed E-state index contributed by atoms with van der Waals surface area (Å²) >= 11 is 0. The number of amides is 1. The van der Waals surface area contributed by atoms with E-state index in [1.54, 1.807) is 18.3 Å². The monoisotopic (exact) mass is 178 g/mol. The van der Waals surface area contributed by atoms with E-state index in [2.05, 4.69) is 4.98 Å². The summed E-state index contributed by atoms with van der Waals surface area (Å²) < 4.78 is 0. The largest absolute Gasteiger partial charge is 0.369 e. The van der Waals surface area contributed by atoms with Crippen molar-refractivity contribution in [1.29, 1.82) is 0 Å². The van der Waals surface area contributed by atoms with Gasteiger partial charge >= 0.3 is 0 Å². The predicted molar refractivity (Wildman–Crippen MR) is 45.9 cm³/mol. The summed E-state index contributed by atoms with van der Waals surface area (Å²) in [5.41, 5.74) is 0.978. The second-order valence-corrected chi connectivity index (χ2v) is 2.91. The Balaban J connectivity index is 2.50. The first-order valence-corrected chi connectivity index (χ1v) is 4.19. The molecule has 1 atom stereocenters. The molecule has 1 aromatic heterocycles. The van der Waals surface area contributed by atoms with E-state index in [0.717, 1.165) is 0 Å². The van der Waals surface area contributed by atoms with Crippen LogP contribution < -0.4 is 0 Å². The molecule has 0 aliphatic carbocycles. The van der Waals surface area contributed by atoms with Crippen LogP contribution in [0.15, 0.2) is 18.3 Å². The molecule has 4 heteroatoms. The number of carbonyl (C=O) groups is 1. The molecule has 0 saturated carbocycles. The van der Waals surface area contributed by atoms with E-state index in [0.29, 0.717) is 17.8 Å². The van der Waals surface area contributed by atoms with Crippen LogP contribution in [-0.2, 0) is 0 Å². The third-order valence-electron chi connectivity index (χ3n) is 2.22. The molecule has 0 bridgehead atoms. The maximum Gasteiger partial charge on any atom is 0.275 e. The lowest BCUT2D eigenvalue weighted by Gasteiger charge is -2.17. The fraction of sp³-hybridized carbons (Fsp3) is 0.333. The lowest BCUT2D eigenvalue weighted by Crippen LogP contribution is -2.27. The minimum Gasteiger partial charge on any atom is -0.369 e. The zero-order valence-electron chi connectivity index (χ0n) is 7.27. The molecule has 68 valence electrons. The molecular formula is C9H10N2O2. The summed E-state index contributed by atoms with van der Waals surface area (Å²) in [5.74, 6) is -0.189. The minimum atomic E-state index is -0.818. The highest BCUT2D eigenvalue weighted by molar-refractivity contribution is 5.96. The van der Waals surface area contributed by atoms with Crippen molar-refractivity contribution < 1.29 is 9.90 Å². The smallest absolute Gasteiger partial charge is 0.275 e. The van der Waals surface area contributed by atoms with E-state index < -0.39 is 6.23 Å². The number of carbonyl (C=O) groups excluding carboxylic acids is 1. The molecule has 2 heterocycles. The topological polar surface area (TPSA) is 53.4 Å². The van der Waals surface area contributed by atoms with E-state index in [9.17, 15) is 9.90 Å². The summed E-state index contributed by atoms with van der Waals surface area (Å²) in [5, 5.41) is 9.68. The summed E-state index contributed by atoms with van der Waals surface area (Å²) in [6.45, 7) is 2.32. The molecule has 1 aliphatic rings. The van der Waals surface area contributed by atoms with Gasteiger partial charge in [0.15, 0.2) is 6.23 Å². The van der Waals surface area contributed by atoms with Crippen molar-refractivity contribution in [2.45, 2.75) is 13.2 Å². The number of hydrogen-bond acceptors (Lipinski definition) is 3. The number of rotatable bonds is 1. The first-order valence-electron chi connectivity index (χ1n) is 4.19. The molecule has 1 unspecified atom stereocenters. The number of aliphatic hydroxyl groups is 1. The van der Waals surface area contributed by atoms with Crippen molar-refractivity contribution in [2.24, 2.45) is 0 Å². The quantitative estimate of drug-likeness (QED) is 0.683. The second-order valence-electron chi connectivity index (χ2n) is 2.91. The summed E-state index contributed by atoms with van der Waals surface area (Å²) in [7, 11) is 0. The number of nitrogens with zero attached hydrogens (tertiary/aromatic N) is 2. The lowest BCUT2D eigenvalue weighted by atomic mass is 10.2. The Kier molecular flexibility index (Phi) is 1.77. The Morgan fingerprint density at radius 3 is 3.08 bits per heavy atom. The van der Waals surface area contributed by atoms with Crippen LogP contribution in [0.4, 0.5) is 0 Å². The summed E-state index contributed by atoms with van der Waals surface area (Å²) in [4.78, 5) is 16.9. The second kappa shape index (κ2) is 2.81. The van der Waals surface area contributed by atoms with Crippen LogP contribution in [0.25, 0.3) is 0 Å². The molecule has 1 aliphatic heterocycles. The van der Waals surface area contributed by atoms with E-state index in [1.807, 2.05) is 6.92 Å². The van der Waals surface area contributed by atoms with Crippen LogP contribution in [0.1, 0.15) is 29.2 Å². The van der Waals surface area contributed by atoms with Crippen LogP contribution in [0.5, 0.6) is 0 Å². The van der Waals surface area contributed by atoms with Gasteiger partial charge in [-0.25, -0.2) is 0 Å². The Morgan fingerprint density at radius 1 is 1.69 bits per heavy atom. The summed E-state index contributed by atoms with van der Waals surface area (Å²) in [6, 6.07) is 3.44. The highest BCUT2D eigenvalue weighted by Gasteiger charge is 2.35. The highest BCUT2D eigenvalue weighted by Crippen LogP contribution is 2.28. The van der Waals surface area contributed by atoms with Crippen LogP contribution in [0.3, 0.4) is 0 Å². The maximum absolute atomic E-state index is 11.5. The molecule has 1 aromatic rings. The van der Waals surface area contributed by atoms with E-state index in [4.69, 9.17) is 0 Å². The van der Waals surface area contributed by atoms with Crippen molar-refractivity contribution in [3.05, 3.63) is 29.6 Å². The SMILES string of the molecule is CCN1C(=O)c2ncccc2C1O. The standard InChI is InChI=1S/C9H10N2O2/c1-2-11-8(12)6-4-3-5-10-7(6)9(11)13/h3-5,8,12H,2H2,1H3. The predicted octanol–water partition coefficient (Wildman–Crippen LogP) is 0.548. The average Bonchev–Trinajstić information content (AvgIpc) is 2.41. The van der Waals surface area contributed by atoms with Gasteiger partial charge in [0.1, 0.15) is 5.69 Å². The van der Waals surface area contributed by atoms with Crippen molar-refractivity contribution in [1.82, 2.24) is 9.88 Å². The van der Waals surface area contributed by atoms with E-state index in [1.165, 1.54) is 4.90 Å². The van der Waals surface area contributed by atoms with Gasteiger partial charge in [-0.15, -0.1) is 0 Å². The molecule has 0 fully saturated rings. The van der Waals surface area contributed by atoms with Crippen molar-refractivity contribution in [3.8, 4) is 0 Å². The normalized spacial score (nSPS) is 20.6. The third-order valence-corrected chi connectivity index (χ3v) is 2.22. The van der Waals surface area contributed by atoms with Crippen LogP contribution in [-0.4, -0.2) is 27.4 Å². The number of fused-ring (bicyclic) bond motifs is 1. The van der Waals surface area contributed by atoms with Gasteiger partial charge in [-0.1, -0.05) is 6.07 Å². The number of pyridine rings is 1. The Hall–Kier alpha value is -1.42. The fourth-order valence-corrected chi connectivity index (χ4v) is 1.54. The Bertz CT molecular complexity index is 351. The van der Waals surface area contributed by atoms with Crippen LogP contribution in [0, 0.1) is 0 Å². The fourth-order valence-electron chi connectivity index (χ4n) is 1.54. The van der Waals surface area contributed by atoms with Gasteiger partial charge in [0.2, 0.25) is 0 Å². The van der Waals surface area contributed by atoms with Crippen molar-refractivity contribution in [2.75, 3.05) is 6.54 Å². The van der Waals surface area contributed by atoms with Gasteiger partial charge in [0, 0.05) is 18.3 Å². The number of hydrogen-bond donors (Lipinski definition) is 1. The van der Waals surface area contributed by atoms with Gasteiger partial charge < -0.3 is 10.0 Å². The molecule has 13 heavy (non-hydrogen) atoms. The van der Waals surface area contributed by atoms with E-state index in [-0.39, 0.29) is 5.91 Å². The summed E-state index contributed by atoms with van der Waals surface area (Å²) in [6.07, 6.45) is 0.740. The van der Waals surface area contributed by atoms with Crippen LogP contribution in [0.2, 0.25) is 0 Å². The lowest BCUT2D eigenvalue weighted by molar-refractivity contribution is 0.0202. The molecular weight excluding hydrogens is 168 g/mol. The molecule has 0 saturated heterocycles. The number of aliphatic hydroxyl groups excluding tert-OH is 1. The highest BCUT2D eigenvalue weighted by atomic mass is 16.3. The molecule has 1 N–H and O–H groups in total. The first kappa shape index (κ1) is 8.19. The minimum absolute atomic E-state index is 0.189. The zero-order chi connectivity index (χ0) is 9.42. The average molecular weight is 178 g/mol. The Morgan fingerprint density at radius 2 is 2.46 bits per heavy atom. The molecule has 0 spiro atoms. The van der Waals surface area contributed by atoms with Crippen LogP contribution >= 0.6 is 0 Å². The molecule has 4 nitrogen and oxygen atoms in total. The van der Waals surface area contributed by atoms with Gasteiger partial charge in [-0.3, -0.25) is 9.78 Å². The van der Waals surface area contributed by atoms with E-state index >= 15 is 0 Å². The molecule has 1 amide bonds. The van der Waals surface area contributed by atoms with Gasteiger partial charge in [0.05, 0.1) is 0 Å². The number of aromatic nitrogens is 1. The van der Waals surface area contributed by atoms with Gasteiger partial charge in [0.25, 0.3) is 5.91 Å². The van der Waals surface area contributed by atoms with Gasteiger partial charge in [-0.2, -0.15) is 0 Å². The van der Waals surface area contributed by atoms with Crippen molar-refractivity contribution in [3.63, 3.8) is 0 Å². The molecule has 0 radical (unpaired) electrons. The molecule has 2 rings (SSSR count). The van der Waals surface area contributed by atoms with Crippen molar-refractivity contribution >= 4 is 5.91 Å². The zero-order valence-corrected chi connectivity index (χ0v) is 7.27. The maximum atomic E-state index is 11.5. The first-order chi connectivity index (χ1) is 6.25. The third kappa shape index (κ3) is 1.02. The molecule has 0 aromatic carbocycles.